The number of aliphatic hydroxyl groups is 1. The van der Waals surface area contributed by atoms with Gasteiger partial charge in [-0.05, 0) is 12.1 Å². The summed E-state index contributed by atoms with van der Waals surface area (Å²) < 4.78 is 1.45. The zero-order valence-corrected chi connectivity index (χ0v) is 14.0. The van der Waals surface area contributed by atoms with E-state index in [1.54, 1.807) is 18.2 Å². The molecule has 1 aliphatic rings. The number of nitrogens with one attached hydrogen (secondary N) is 2. The van der Waals surface area contributed by atoms with Gasteiger partial charge in [0.15, 0.2) is 0 Å². The van der Waals surface area contributed by atoms with Crippen LogP contribution in [-0.4, -0.2) is 46.3 Å². The molecule has 0 bridgehead atoms. The maximum atomic E-state index is 12.3. The van der Waals surface area contributed by atoms with Gasteiger partial charge < -0.3 is 15.7 Å². The fraction of sp³-hybridized carbons (Fsp3) is 0.438. The molecule has 0 aliphatic carbocycles. The van der Waals surface area contributed by atoms with Crippen molar-refractivity contribution in [2.45, 2.75) is 19.1 Å². The van der Waals surface area contributed by atoms with Crippen molar-refractivity contribution in [3.05, 3.63) is 40.9 Å². The molecule has 0 spiro atoms. The Labute approximate surface area is 145 Å². The van der Waals surface area contributed by atoms with E-state index in [-0.39, 0.29) is 42.8 Å². The molecule has 1 aromatic heterocycles. The SMILES string of the molecule is Cl.O=C(CCn1cnc2ccccc2c1=O)NCC1CNCC1O. The highest BCUT2D eigenvalue weighted by molar-refractivity contribution is 5.85. The van der Waals surface area contributed by atoms with Crippen LogP contribution >= 0.6 is 12.4 Å². The molecule has 3 rings (SSSR count). The lowest BCUT2D eigenvalue weighted by Gasteiger charge is -2.14. The van der Waals surface area contributed by atoms with Crippen molar-refractivity contribution in [2.75, 3.05) is 19.6 Å². The van der Waals surface area contributed by atoms with Crippen molar-refractivity contribution in [1.29, 1.82) is 0 Å². The number of benzene rings is 1. The number of hydrogen-bond acceptors (Lipinski definition) is 5. The molecule has 2 atom stereocenters. The number of halogens is 1. The van der Waals surface area contributed by atoms with E-state index in [0.29, 0.717) is 30.5 Å². The second-order valence-corrected chi connectivity index (χ2v) is 5.80. The number of rotatable bonds is 5. The lowest BCUT2D eigenvalue weighted by molar-refractivity contribution is -0.121. The fourth-order valence-electron chi connectivity index (χ4n) is 2.75. The Morgan fingerprint density at radius 1 is 1.38 bits per heavy atom. The predicted molar refractivity (Wildman–Crippen MR) is 93.2 cm³/mol. The highest BCUT2D eigenvalue weighted by Gasteiger charge is 2.24. The summed E-state index contributed by atoms with van der Waals surface area (Å²) in [5.74, 6) is -0.0897. The highest BCUT2D eigenvalue weighted by Crippen LogP contribution is 2.07. The second-order valence-electron chi connectivity index (χ2n) is 5.80. The van der Waals surface area contributed by atoms with Crippen LogP contribution in [-0.2, 0) is 11.3 Å². The number of β-amino-alcohol motifs (C(OH)–C–C–N with tert-alkyl or cyclic N) is 1. The Hall–Kier alpha value is -1.96. The number of nitrogens with zero attached hydrogens (tertiary/aromatic N) is 2. The normalized spacial score (nSPS) is 19.9. The molecule has 1 saturated heterocycles. The van der Waals surface area contributed by atoms with Crippen LogP contribution in [0.5, 0.6) is 0 Å². The largest absolute Gasteiger partial charge is 0.391 e. The quantitative estimate of drug-likeness (QED) is 0.698. The molecule has 3 N–H and O–H groups in total. The van der Waals surface area contributed by atoms with Gasteiger partial charge in [-0.15, -0.1) is 12.4 Å². The second kappa shape index (κ2) is 8.23. The Morgan fingerprint density at radius 2 is 2.17 bits per heavy atom. The predicted octanol–water partition coefficient (Wildman–Crippen LogP) is -0.0951. The maximum absolute atomic E-state index is 12.3. The summed E-state index contributed by atoms with van der Waals surface area (Å²) in [6.45, 7) is 2.00. The molecular formula is C16H21ClN4O3. The Morgan fingerprint density at radius 3 is 2.92 bits per heavy atom. The van der Waals surface area contributed by atoms with E-state index in [1.165, 1.54) is 10.9 Å². The molecule has 1 amide bonds. The van der Waals surface area contributed by atoms with E-state index in [0.717, 1.165) is 0 Å². The van der Waals surface area contributed by atoms with Crippen LogP contribution in [0.2, 0.25) is 0 Å². The number of hydrogen-bond donors (Lipinski definition) is 3. The van der Waals surface area contributed by atoms with Gasteiger partial charge in [-0.25, -0.2) is 4.98 Å². The lowest BCUT2D eigenvalue weighted by Crippen LogP contribution is -2.35. The van der Waals surface area contributed by atoms with Gasteiger partial charge in [0.05, 0.1) is 23.3 Å². The number of amides is 1. The van der Waals surface area contributed by atoms with Gasteiger partial charge in [0.1, 0.15) is 0 Å². The number of para-hydroxylation sites is 1. The van der Waals surface area contributed by atoms with Gasteiger partial charge in [0.25, 0.3) is 5.56 Å². The third-order valence-corrected chi connectivity index (χ3v) is 4.18. The lowest BCUT2D eigenvalue weighted by atomic mass is 10.1. The molecule has 1 aromatic carbocycles. The number of aromatic nitrogens is 2. The molecule has 130 valence electrons. The smallest absolute Gasteiger partial charge is 0.261 e. The standard InChI is InChI=1S/C16H20N4O3.ClH/c21-14-9-17-7-11(14)8-18-15(22)5-6-20-10-19-13-4-2-1-3-12(13)16(20)23;/h1-4,10-11,14,17,21H,5-9H2,(H,18,22);1H. The van der Waals surface area contributed by atoms with E-state index >= 15 is 0 Å². The van der Waals surface area contributed by atoms with Gasteiger partial charge in [-0.2, -0.15) is 0 Å². The van der Waals surface area contributed by atoms with E-state index in [1.807, 2.05) is 6.07 Å². The van der Waals surface area contributed by atoms with Crippen LogP contribution < -0.4 is 16.2 Å². The van der Waals surface area contributed by atoms with Crippen LogP contribution in [0, 0.1) is 5.92 Å². The van der Waals surface area contributed by atoms with E-state index in [2.05, 4.69) is 15.6 Å². The van der Waals surface area contributed by atoms with Crippen molar-refractivity contribution in [3.8, 4) is 0 Å². The fourth-order valence-corrected chi connectivity index (χ4v) is 2.75. The number of carbonyl (C=O) groups excluding carboxylic acids is 1. The molecule has 7 nitrogen and oxygen atoms in total. The van der Waals surface area contributed by atoms with Gasteiger partial charge in [-0.3, -0.25) is 14.2 Å². The van der Waals surface area contributed by atoms with Crippen LogP contribution in [0.1, 0.15) is 6.42 Å². The average molecular weight is 353 g/mol. The first-order valence-corrected chi connectivity index (χ1v) is 7.75. The highest BCUT2D eigenvalue weighted by atomic mass is 35.5. The van der Waals surface area contributed by atoms with Crippen LogP contribution in [0.3, 0.4) is 0 Å². The third-order valence-electron chi connectivity index (χ3n) is 4.18. The Balaban J connectivity index is 0.00000208. The topological polar surface area (TPSA) is 96.2 Å². The molecular weight excluding hydrogens is 332 g/mol. The molecule has 8 heteroatoms. The zero-order chi connectivity index (χ0) is 16.2. The number of aliphatic hydroxyl groups excluding tert-OH is 1. The summed E-state index contributed by atoms with van der Waals surface area (Å²) in [4.78, 5) is 28.4. The van der Waals surface area contributed by atoms with Gasteiger partial charge in [-0.1, -0.05) is 12.1 Å². The third kappa shape index (κ3) is 4.11. The molecule has 1 fully saturated rings. The Kier molecular flexibility index (Phi) is 6.30. The van der Waals surface area contributed by atoms with Crippen LogP contribution in [0.4, 0.5) is 0 Å². The van der Waals surface area contributed by atoms with Gasteiger partial charge in [0.2, 0.25) is 5.91 Å². The molecule has 0 radical (unpaired) electrons. The first-order valence-electron chi connectivity index (χ1n) is 7.75. The van der Waals surface area contributed by atoms with Gasteiger partial charge in [0, 0.05) is 38.5 Å². The summed E-state index contributed by atoms with van der Waals surface area (Å²) in [5, 5.41) is 16.1. The summed E-state index contributed by atoms with van der Waals surface area (Å²) in [5.41, 5.74) is 0.514. The number of fused-ring (bicyclic) bond motifs is 1. The zero-order valence-electron chi connectivity index (χ0n) is 13.1. The van der Waals surface area contributed by atoms with Crippen LogP contribution in [0.25, 0.3) is 10.9 Å². The first kappa shape index (κ1) is 18.4. The van der Waals surface area contributed by atoms with Crippen LogP contribution in [0.15, 0.2) is 35.4 Å². The van der Waals surface area contributed by atoms with Crippen molar-refractivity contribution in [2.24, 2.45) is 5.92 Å². The van der Waals surface area contributed by atoms with Gasteiger partial charge >= 0.3 is 0 Å². The van der Waals surface area contributed by atoms with E-state index in [9.17, 15) is 14.7 Å². The average Bonchev–Trinajstić information content (AvgIpc) is 2.98. The summed E-state index contributed by atoms with van der Waals surface area (Å²) in [7, 11) is 0. The minimum atomic E-state index is -0.414. The van der Waals surface area contributed by atoms with E-state index < -0.39 is 6.10 Å². The molecule has 2 unspecified atom stereocenters. The minimum absolute atomic E-state index is 0. The summed E-state index contributed by atoms with van der Waals surface area (Å²) >= 11 is 0. The molecule has 2 aromatic rings. The van der Waals surface area contributed by atoms with Crippen molar-refractivity contribution in [1.82, 2.24) is 20.2 Å². The molecule has 0 saturated carbocycles. The summed E-state index contributed by atoms with van der Waals surface area (Å²) in [6, 6.07) is 7.15. The number of aryl methyl sites for hydroxylation is 1. The van der Waals surface area contributed by atoms with Crippen molar-refractivity contribution in [3.63, 3.8) is 0 Å². The maximum Gasteiger partial charge on any atom is 0.261 e. The monoisotopic (exact) mass is 352 g/mol. The summed E-state index contributed by atoms with van der Waals surface area (Å²) in [6.07, 6.45) is 1.27. The minimum Gasteiger partial charge on any atom is -0.391 e. The van der Waals surface area contributed by atoms with Crippen molar-refractivity contribution >= 4 is 29.2 Å². The number of carbonyl (C=O) groups is 1. The Bertz CT molecular complexity index is 764. The molecule has 1 aliphatic heterocycles. The molecule has 24 heavy (non-hydrogen) atoms. The molecule has 2 heterocycles. The first-order chi connectivity index (χ1) is 11.1. The van der Waals surface area contributed by atoms with Crippen molar-refractivity contribution < 1.29 is 9.90 Å². The van der Waals surface area contributed by atoms with E-state index in [4.69, 9.17) is 0 Å².